The monoisotopic (exact) mass is 474 g/mol. The number of rotatable bonds is 10. The second kappa shape index (κ2) is 13.0. The molecule has 3 aromatic carbocycles. The number of methoxy groups -OCH3 is 1. The molecule has 7 heteroatoms. The molecule has 3 aromatic rings. The second-order valence-electron chi connectivity index (χ2n) is 7.24. The van der Waals surface area contributed by atoms with Crippen LogP contribution in [0.4, 0.5) is 5.69 Å². The van der Waals surface area contributed by atoms with Crippen molar-refractivity contribution in [3.8, 4) is 11.5 Å². The Labute approximate surface area is 200 Å². The molecule has 3 rings (SSSR count). The summed E-state index contributed by atoms with van der Waals surface area (Å²) in [6.45, 7) is 3.46. The highest BCUT2D eigenvalue weighted by molar-refractivity contribution is 6.30. The Morgan fingerprint density at radius 3 is 2.31 bits per heavy atom. The van der Waals surface area contributed by atoms with Gasteiger partial charge in [-0.25, -0.2) is 0 Å². The smallest absolute Gasteiger partial charge is 0.262 e. The Morgan fingerprint density at radius 1 is 0.938 bits per heavy atom. The minimum atomic E-state index is -0.223. The lowest BCUT2D eigenvalue weighted by molar-refractivity contribution is -0.118. The highest BCUT2D eigenvalue weighted by Gasteiger charge is 2.09. The van der Waals surface area contributed by atoms with E-state index in [-0.39, 0.29) is 24.9 Å². The van der Waals surface area contributed by atoms with E-state index in [1.165, 1.54) is 5.56 Å². The number of nitrogens with one attached hydrogen (secondary N) is 2. The van der Waals surface area contributed by atoms with Gasteiger partial charge in [-0.2, -0.15) is 0 Å². The van der Waals surface area contributed by atoms with Crippen molar-refractivity contribution in [2.75, 3.05) is 25.6 Å². The van der Waals surface area contributed by atoms with E-state index in [4.69, 9.17) is 21.1 Å². The van der Waals surface area contributed by atoms with Crippen molar-refractivity contribution in [2.24, 2.45) is 0 Å². The number of carbonyl (C=O) groups is 1. The summed E-state index contributed by atoms with van der Waals surface area (Å²) in [4.78, 5) is 12.2. The molecule has 0 radical (unpaired) electrons. The molecule has 1 amide bonds. The van der Waals surface area contributed by atoms with E-state index < -0.39 is 0 Å². The van der Waals surface area contributed by atoms with Gasteiger partial charge in [-0.05, 0) is 67.4 Å². The number of halogens is 2. The van der Waals surface area contributed by atoms with E-state index >= 15 is 0 Å². The maximum atomic E-state index is 12.2. The first-order valence-corrected chi connectivity index (χ1v) is 10.5. The summed E-state index contributed by atoms with van der Waals surface area (Å²) < 4.78 is 11.1. The van der Waals surface area contributed by atoms with Crippen molar-refractivity contribution in [3.63, 3.8) is 0 Å². The van der Waals surface area contributed by atoms with Gasteiger partial charge in [0.1, 0.15) is 0 Å². The molecule has 2 N–H and O–H groups in total. The zero-order valence-electron chi connectivity index (χ0n) is 18.2. The summed E-state index contributed by atoms with van der Waals surface area (Å²) in [5.74, 6) is 0.908. The highest BCUT2D eigenvalue weighted by Crippen LogP contribution is 2.28. The molecular formula is C25H28Cl2N2O3. The molecule has 170 valence electrons. The van der Waals surface area contributed by atoms with E-state index in [2.05, 4.69) is 10.6 Å². The van der Waals surface area contributed by atoms with Crippen LogP contribution < -0.4 is 20.1 Å². The molecule has 0 aliphatic heterocycles. The summed E-state index contributed by atoms with van der Waals surface area (Å²) in [6, 6.07) is 21.2. The summed E-state index contributed by atoms with van der Waals surface area (Å²) in [6.07, 6.45) is 0.922. The third kappa shape index (κ3) is 8.08. The van der Waals surface area contributed by atoms with Gasteiger partial charge >= 0.3 is 0 Å². The Kier molecular flexibility index (Phi) is 10.3. The Hall–Kier alpha value is -2.73. The number of ether oxygens (including phenoxy) is 2. The van der Waals surface area contributed by atoms with Gasteiger partial charge in [0.25, 0.3) is 5.91 Å². The van der Waals surface area contributed by atoms with Crippen LogP contribution >= 0.6 is 24.0 Å². The molecule has 0 spiro atoms. The Balaban J connectivity index is 0.00000363. The number of carbonyl (C=O) groups excluding carboxylic acids is 1. The number of anilines is 1. The van der Waals surface area contributed by atoms with Gasteiger partial charge in [-0.15, -0.1) is 12.4 Å². The summed E-state index contributed by atoms with van der Waals surface area (Å²) >= 11 is 5.92. The molecule has 32 heavy (non-hydrogen) atoms. The van der Waals surface area contributed by atoms with Crippen LogP contribution in [0.15, 0.2) is 66.7 Å². The fourth-order valence-corrected chi connectivity index (χ4v) is 3.16. The zero-order chi connectivity index (χ0) is 22.1. The number of hydrogen-bond donors (Lipinski definition) is 2. The van der Waals surface area contributed by atoms with Gasteiger partial charge in [0, 0.05) is 17.3 Å². The molecule has 0 saturated carbocycles. The molecule has 0 saturated heterocycles. The van der Waals surface area contributed by atoms with Crippen molar-refractivity contribution in [1.82, 2.24) is 5.32 Å². The van der Waals surface area contributed by atoms with Crippen molar-refractivity contribution < 1.29 is 14.3 Å². The number of amides is 1. The van der Waals surface area contributed by atoms with Gasteiger partial charge in [-0.1, -0.05) is 47.5 Å². The van der Waals surface area contributed by atoms with Crippen LogP contribution in [0.25, 0.3) is 0 Å². The third-order valence-electron chi connectivity index (χ3n) is 4.75. The molecule has 0 heterocycles. The maximum Gasteiger partial charge on any atom is 0.262 e. The highest BCUT2D eigenvalue weighted by atomic mass is 35.5. The lowest BCUT2D eigenvalue weighted by Gasteiger charge is -2.13. The SMILES string of the molecule is COc1cc(CNCCc2ccc(Cl)cc2)ccc1OCC(=O)Nc1ccc(C)cc1.Cl. The topological polar surface area (TPSA) is 59.6 Å². The molecular weight excluding hydrogens is 447 g/mol. The summed E-state index contributed by atoms with van der Waals surface area (Å²) in [5.41, 5.74) is 4.19. The van der Waals surface area contributed by atoms with Gasteiger partial charge in [0.15, 0.2) is 18.1 Å². The molecule has 0 atom stereocenters. The quantitative estimate of drug-likeness (QED) is 0.384. The predicted molar refractivity (Wildman–Crippen MR) is 132 cm³/mol. The molecule has 0 fully saturated rings. The zero-order valence-corrected chi connectivity index (χ0v) is 19.8. The number of benzene rings is 3. The first-order valence-electron chi connectivity index (χ1n) is 10.1. The second-order valence-corrected chi connectivity index (χ2v) is 7.68. The molecule has 0 bridgehead atoms. The van der Waals surface area contributed by atoms with Crippen LogP contribution in [0, 0.1) is 6.92 Å². The summed E-state index contributed by atoms with van der Waals surface area (Å²) in [7, 11) is 1.59. The number of hydrogen-bond acceptors (Lipinski definition) is 4. The lowest BCUT2D eigenvalue weighted by Crippen LogP contribution is -2.20. The third-order valence-corrected chi connectivity index (χ3v) is 5.01. The standard InChI is InChI=1S/C25H27ClN2O3.ClH/c1-18-3-10-22(11-4-18)28-25(29)17-31-23-12-7-20(15-24(23)30-2)16-27-14-13-19-5-8-21(26)9-6-19;/h3-12,15,27H,13-14,16-17H2,1-2H3,(H,28,29);1H. The van der Waals surface area contributed by atoms with Gasteiger partial charge in [0.05, 0.1) is 7.11 Å². The van der Waals surface area contributed by atoms with E-state index in [0.29, 0.717) is 18.0 Å². The fourth-order valence-electron chi connectivity index (χ4n) is 3.03. The first-order chi connectivity index (χ1) is 15.0. The minimum absolute atomic E-state index is 0. The summed E-state index contributed by atoms with van der Waals surface area (Å²) in [5, 5.41) is 6.99. The first kappa shape index (κ1) is 25.5. The van der Waals surface area contributed by atoms with Crippen LogP contribution in [0.1, 0.15) is 16.7 Å². The Morgan fingerprint density at radius 2 is 1.62 bits per heavy atom. The number of aryl methyl sites for hydroxylation is 1. The molecule has 0 aromatic heterocycles. The van der Waals surface area contributed by atoms with Gasteiger partial charge < -0.3 is 20.1 Å². The average molecular weight is 475 g/mol. The fraction of sp³-hybridized carbons (Fsp3) is 0.240. The van der Waals surface area contributed by atoms with Crippen LogP contribution in [-0.4, -0.2) is 26.2 Å². The van der Waals surface area contributed by atoms with Crippen molar-refractivity contribution in [1.29, 1.82) is 0 Å². The van der Waals surface area contributed by atoms with Gasteiger partial charge in [0.2, 0.25) is 0 Å². The lowest BCUT2D eigenvalue weighted by atomic mass is 10.1. The minimum Gasteiger partial charge on any atom is -0.493 e. The van der Waals surface area contributed by atoms with E-state index in [1.54, 1.807) is 7.11 Å². The van der Waals surface area contributed by atoms with Crippen LogP contribution in [-0.2, 0) is 17.8 Å². The van der Waals surface area contributed by atoms with Crippen molar-refractivity contribution >= 4 is 35.6 Å². The molecule has 5 nitrogen and oxygen atoms in total. The largest absolute Gasteiger partial charge is 0.493 e. The van der Waals surface area contributed by atoms with Crippen LogP contribution in [0.3, 0.4) is 0 Å². The van der Waals surface area contributed by atoms with E-state index in [9.17, 15) is 4.79 Å². The molecule has 0 unspecified atom stereocenters. The normalized spacial score (nSPS) is 10.2. The van der Waals surface area contributed by atoms with Gasteiger partial charge in [-0.3, -0.25) is 4.79 Å². The molecule has 0 aliphatic rings. The van der Waals surface area contributed by atoms with E-state index in [1.807, 2.05) is 73.7 Å². The Bertz CT molecular complexity index is 993. The van der Waals surface area contributed by atoms with Crippen LogP contribution in [0.5, 0.6) is 11.5 Å². The average Bonchev–Trinajstić information content (AvgIpc) is 2.78. The maximum absolute atomic E-state index is 12.2. The predicted octanol–water partition coefficient (Wildman–Crippen LogP) is 5.43. The van der Waals surface area contributed by atoms with Crippen LogP contribution in [0.2, 0.25) is 5.02 Å². The molecule has 0 aliphatic carbocycles. The van der Waals surface area contributed by atoms with Crippen molar-refractivity contribution in [3.05, 3.63) is 88.4 Å². The van der Waals surface area contributed by atoms with Crippen molar-refractivity contribution in [2.45, 2.75) is 19.9 Å². The van der Waals surface area contributed by atoms with E-state index in [0.717, 1.165) is 34.8 Å².